The number of sulfonamides is 1. The molecule has 0 bridgehead atoms. The Morgan fingerprint density at radius 1 is 1.39 bits per heavy atom. The lowest BCUT2D eigenvalue weighted by Crippen LogP contribution is -2.54. The third-order valence-electron chi connectivity index (χ3n) is 3.29. The molecule has 0 unspecified atom stereocenters. The molecule has 6 nitrogen and oxygen atoms in total. The van der Waals surface area contributed by atoms with E-state index in [1.54, 1.807) is 0 Å². The maximum absolute atomic E-state index is 11.7. The topological polar surface area (TPSA) is 92.5 Å². The van der Waals surface area contributed by atoms with Crippen molar-refractivity contribution in [2.45, 2.75) is 31.2 Å². The molecule has 0 saturated heterocycles. The molecule has 0 aromatic carbocycles. The van der Waals surface area contributed by atoms with Gasteiger partial charge in [-0.3, -0.25) is 4.79 Å². The van der Waals surface area contributed by atoms with E-state index in [0.717, 1.165) is 36.2 Å². The second kappa shape index (κ2) is 6.70. The average Bonchev–Trinajstić information content (AvgIpc) is 2.65. The first kappa shape index (κ1) is 17.6. The molecule has 0 heterocycles. The van der Waals surface area contributed by atoms with Crippen molar-refractivity contribution in [3.8, 4) is 0 Å². The third kappa shape index (κ3) is 4.72. The molecule has 3 N–H and O–H groups in total. The van der Waals surface area contributed by atoms with Gasteiger partial charge < -0.3 is 11.1 Å². The zero-order valence-corrected chi connectivity index (χ0v) is 12.4. The Bertz CT molecular complexity index is 380. The number of amides is 1. The molecule has 1 aliphatic carbocycles. The highest BCUT2D eigenvalue weighted by Crippen LogP contribution is 2.28. The van der Waals surface area contributed by atoms with Crippen molar-refractivity contribution in [1.82, 2.24) is 9.62 Å². The zero-order chi connectivity index (χ0) is 13.1. The van der Waals surface area contributed by atoms with Gasteiger partial charge in [-0.2, -0.15) is 4.31 Å². The zero-order valence-electron chi connectivity index (χ0n) is 10.8. The van der Waals surface area contributed by atoms with Crippen molar-refractivity contribution in [2.24, 2.45) is 5.73 Å². The standard InChI is InChI=1S/C10H21N3O3S.ClH/c1-13(17(2,15)16)7-9(14)12-10(8-11)5-3-4-6-10;/h3-8,11H2,1-2H3,(H,12,14);1H. The summed E-state index contributed by atoms with van der Waals surface area (Å²) in [7, 11) is -1.93. The van der Waals surface area contributed by atoms with Gasteiger partial charge >= 0.3 is 0 Å². The Morgan fingerprint density at radius 2 is 1.89 bits per heavy atom. The molecular weight excluding hydrogens is 278 g/mol. The molecule has 1 saturated carbocycles. The maximum atomic E-state index is 11.7. The Hall–Kier alpha value is -0.370. The van der Waals surface area contributed by atoms with Crippen LogP contribution in [-0.4, -0.2) is 50.6 Å². The van der Waals surface area contributed by atoms with Crippen molar-refractivity contribution in [3.05, 3.63) is 0 Å². The van der Waals surface area contributed by atoms with E-state index < -0.39 is 10.0 Å². The van der Waals surface area contributed by atoms with Crippen molar-refractivity contribution >= 4 is 28.3 Å². The van der Waals surface area contributed by atoms with Crippen LogP contribution in [0.1, 0.15) is 25.7 Å². The van der Waals surface area contributed by atoms with Gasteiger partial charge in [0, 0.05) is 13.6 Å². The Balaban J connectivity index is 0.00000289. The highest BCUT2D eigenvalue weighted by molar-refractivity contribution is 7.88. The fourth-order valence-electron chi connectivity index (χ4n) is 2.09. The predicted octanol–water partition coefficient (Wildman–Crippen LogP) is -0.313. The Kier molecular flexibility index (Phi) is 6.56. The van der Waals surface area contributed by atoms with E-state index in [0.29, 0.717) is 6.54 Å². The summed E-state index contributed by atoms with van der Waals surface area (Å²) >= 11 is 0. The summed E-state index contributed by atoms with van der Waals surface area (Å²) in [5, 5.41) is 2.88. The second-order valence-corrected chi connectivity index (χ2v) is 6.85. The summed E-state index contributed by atoms with van der Waals surface area (Å²) in [6.45, 7) is 0.252. The second-order valence-electron chi connectivity index (χ2n) is 4.76. The quantitative estimate of drug-likeness (QED) is 0.728. The molecule has 0 atom stereocenters. The van der Waals surface area contributed by atoms with Crippen LogP contribution in [0, 0.1) is 0 Å². The van der Waals surface area contributed by atoms with E-state index in [1.165, 1.54) is 7.05 Å². The summed E-state index contributed by atoms with van der Waals surface area (Å²) in [6.07, 6.45) is 4.93. The molecule has 0 radical (unpaired) electrons. The van der Waals surface area contributed by atoms with Gasteiger partial charge in [-0.15, -0.1) is 12.4 Å². The number of nitrogens with two attached hydrogens (primary N) is 1. The molecule has 0 aromatic heterocycles. The van der Waals surface area contributed by atoms with E-state index in [2.05, 4.69) is 5.32 Å². The van der Waals surface area contributed by atoms with Crippen LogP contribution >= 0.6 is 12.4 Å². The lowest BCUT2D eigenvalue weighted by Gasteiger charge is -2.29. The first-order valence-corrected chi connectivity index (χ1v) is 7.56. The van der Waals surface area contributed by atoms with E-state index in [9.17, 15) is 13.2 Å². The first-order chi connectivity index (χ1) is 7.79. The molecule has 108 valence electrons. The number of nitrogens with one attached hydrogen (secondary N) is 1. The van der Waals surface area contributed by atoms with Gasteiger partial charge in [-0.1, -0.05) is 12.8 Å². The lowest BCUT2D eigenvalue weighted by molar-refractivity contribution is -0.122. The fraction of sp³-hybridized carbons (Fsp3) is 0.900. The molecule has 8 heteroatoms. The molecule has 18 heavy (non-hydrogen) atoms. The van der Waals surface area contributed by atoms with E-state index in [-0.39, 0.29) is 30.4 Å². The van der Waals surface area contributed by atoms with Crippen LogP contribution in [0.4, 0.5) is 0 Å². The number of carbonyl (C=O) groups is 1. The smallest absolute Gasteiger partial charge is 0.235 e. The van der Waals surface area contributed by atoms with E-state index in [4.69, 9.17) is 5.73 Å². The summed E-state index contributed by atoms with van der Waals surface area (Å²) < 4.78 is 23.4. The number of rotatable bonds is 5. The fourth-order valence-corrected chi connectivity index (χ4v) is 2.44. The Morgan fingerprint density at radius 3 is 2.28 bits per heavy atom. The van der Waals surface area contributed by atoms with Crippen LogP contribution in [0.2, 0.25) is 0 Å². The van der Waals surface area contributed by atoms with E-state index in [1.807, 2.05) is 0 Å². The summed E-state index contributed by atoms with van der Waals surface area (Å²) in [4.78, 5) is 11.7. The van der Waals surface area contributed by atoms with Crippen molar-refractivity contribution in [1.29, 1.82) is 0 Å². The third-order valence-corrected chi connectivity index (χ3v) is 4.55. The number of likely N-dealkylation sites (N-methyl/N-ethyl adjacent to an activating group) is 1. The van der Waals surface area contributed by atoms with Crippen LogP contribution < -0.4 is 11.1 Å². The average molecular weight is 300 g/mol. The molecule has 1 rings (SSSR count). The monoisotopic (exact) mass is 299 g/mol. The van der Waals surface area contributed by atoms with Crippen LogP contribution in [-0.2, 0) is 14.8 Å². The number of carbonyl (C=O) groups excluding carboxylic acids is 1. The molecule has 1 fully saturated rings. The van der Waals surface area contributed by atoms with Crippen molar-refractivity contribution in [2.75, 3.05) is 26.4 Å². The molecule has 0 aliphatic heterocycles. The van der Waals surface area contributed by atoms with Gasteiger partial charge in [0.15, 0.2) is 0 Å². The number of halogens is 1. The van der Waals surface area contributed by atoms with Gasteiger partial charge in [0.05, 0.1) is 18.3 Å². The molecular formula is C10H22ClN3O3S. The number of nitrogens with zero attached hydrogens (tertiary/aromatic N) is 1. The number of hydrogen-bond acceptors (Lipinski definition) is 4. The van der Waals surface area contributed by atoms with Gasteiger partial charge in [-0.05, 0) is 12.8 Å². The lowest BCUT2D eigenvalue weighted by atomic mass is 9.98. The highest BCUT2D eigenvalue weighted by atomic mass is 35.5. The van der Waals surface area contributed by atoms with Crippen LogP contribution in [0.15, 0.2) is 0 Å². The van der Waals surface area contributed by atoms with Crippen LogP contribution in [0.25, 0.3) is 0 Å². The first-order valence-electron chi connectivity index (χ1n) is 5.71. The van der Waals surface area contributed by atoms with Crippen molar-refractivity contribution < 1.29 is 13.2 Å². The van der Waals surface area contributed by atoms with Gasteiger partial charge in [0.1, 0.15) is 0 Å². The van der Waals surface area contributed by atoms with Gasteiger partial charge in [-0.25, -0.2) is 8.42 Å². The molecule has 1 amide bonds. The normalized spacial score (nSPS) is 18.4. The van der Waals surface area contributed by atoms with Crippen LogP contribution in [0.5, 0.6) is 0 Å². The SMILES string of the molecule is CN(CC(=O)NC1(CN)CCCC1)S(C)(=O)=O.Cl. The van der Waals surface area contributed by atoms with Gasteiger partial charge in [0.25, 0.3) is 0 Å². The maximum Gasteiger partial charge on any atom is 0.235 e. The van der Waals surface area contributed by atoms with Crippen molar-refractivity contribution in [3.63, 3.8) is 0 Å². The molecule has 0 spiro atoms. The summed E-state index contributed by atoms with van der Waals surface area (Å²) in [5.41, 5.74) is 5.36. The largest absolute Gasteiger partial charge is 0.348 e. The van der Waals surface area contributed by atoms with E-state index >= 15 is 0 Å². The number of hydrogen-bond donors (Lipinski definition) is 2. The van der Waals surface area contributed by atoms with Crippen LogP contribution in [0.3, 0.4) is 0 Å². The summed E-state index contributed by atoms with van der Waals surface area (Å²) in [6, 6.07) is 0. The Labute approximate surface area is 115 Å². The predicted molar refractivity (Wildman–Crippen MR) is 73.1 cm³/mol. The minimum atomic E-state index is -3.32. The molecule has 0 aromatic rings. The minimum Gasteiger partial charge on any atom is -0.348 e. The minimum absolute atomic E-state index is 0. The van der Waals surface area contributed by atoms with Gasteiger partial charge in [0.2, 0.25) is 15.9 Å². The summed E-state index contributed by atoms with van der Waals surface area (Å²) in [5.74, 6) is -0.287. The highest BCUT2D eigenvalue weighted by Gasteiger charge is 2.34. The molecule has 1 aliphatic rings.